The first-order chi connectivity index (χ1) is 12.0. The molecule has 0 saturated carbocycles. The van der Waals surface area contributed by atoms with E-state index in [9.17, 15) is 4.79 Å². The van der Waals surface area contributed by atoms with E-state index in [1.165, 1.54) is 0 Å². The van der Waals surface area contributed by atoms with Gasteiger partial charge in [0, 0.05) is 31.1 Å². The van der Waals surface area contributed by atoms with Gasteiger partial charge in [-0.25, -0.2) is 0 Å². The molecule has 2 rings (SSSR count). The van der Waals surface area contributed by atoms with Crippen molar-refractivity contribution in [1.29, 1.82) is 0 Å². The second-order valence-corrected chi connectivity index (χ2v) is 6.48. The molecule has 0 saturated heterocycles. The Morgan fingerprint density at radius 3 is 2.48 bits per heavy atom. The van der Waals surface area contributed by atoms with Gasteiger partial charge in [-0.2, -0.15) is 0 Å². The summed E-state index contributed by atoms with van der Waals surface area (Å²) >= 11 is 0. The number of rotatable bonds is 9. The minimum atomic E-state index is 0.184. The van der Waals surface area contributed by atoms with Gasteiger partial charge in [0.1, 0.15) is 0 Å². The average Bonchev–Trinajstić information content (AvgIpc) is 2.63. The topological polar surface area (TPSA) is 20.3 Å². The lowest BCUT2D eigenvalue weighted by Gasteiger charge is -2.26. The number of fused-ring (bicyclic) bond motifs is 1. The normalized spacial score (nSPS) is 11.9. The number of ketones is 1. The molecule has 0 unspecified atom stereocenters. The molecule has 0 aliphatic heterocycles. The summed E-state index contributed by atoms with van der Waals surface area (Å²) in [7, 11) is 0. The van der Waals surface area contributed by atoms with E-state index in [1.54, 1.807) is 6.08 Å². The van der Waals surface area contributed by atoms with Crippen LogP contribution in [-0.4, -0.2) is 29.8 Å². The van der Waals surface area contributed by atoms with E-state index >= 15 is 0 Å². The van der Waals surface area contributed by atoms with E-state index in [1.807, 2.05) is 48.6 Å². The van der Waals surface area contributed by atoms with Crippen LogP contribution in [0, 0.1) is 0 Å². The Labute approximate surface area is 151 Å². The third-order valence-corrected chi connectivity index (χ3v) is 4.41. The first-order valence-electron chi connectivity index (χ1n) is 8.75. The largest absolute Gasteiger partial charge is 0.296 e. The molecule has 0 N–H and O–H groups in total. The summed E-state index contributed by atoms with van der Waals surface area (Å²) in [4.78, 5) is 14.9. The van der Waals surface area contributed by atoms with E-state index in [0.29, 0.717) is 12.5 Å². The summed E-state index contributed by atoms with van der Waals surface area (Å²) in [6.07, 6.45) is 6.10. The number of carbonyl (C=O) groups excluding carboxylic acids is 1. The fourth-order valence-electron chi connectivity index (χ4n) is 2.84. The van der Waals surface area contributed by atoms with Gasteiger partial charge < -0.3 is 0 Å². The van der Waals surface area contributed by atoms with Gasteiger partial charge in [-0.15, -0.1) is 0 Å². The lowest BCUT2D eigenvalue weighted by atomic mass is 10.0. The molecule has 0 atom stereocenters. The molecule has 2 aromatic carbocycles. The summed E-state index contributed by atoms with van der Waals surface area (Å²) in [6, 6.07) is 14.4. The molecule has 130 valence electrons. The maximum atomic E-state index is 12.6. The van der Waals surface area contributed by atoms with Crippen molar-refractivity contribution in [2.24, 2.45) is 0 Å². The summed E-state index contributed by atoms with van der Waals surface area (Å²) in [5.41, 5.74) is 1.90. The molecule has 0 heterocycles. The van der Waals surface area contributed by atoms with Crippen molar-refractivity contribution < 1.29 is 4.79 Å². The number of carbonyl (C=O) groups is 1. The van der Waals surface area contributed by atoms with Crippen LogP contribution in [0.2, 0.25) is 0 Å². The number of nitrogens with zero attached hydrogens (tertiary/aromatic N) is 1. The minimum absolute atomic E-state index is 0.184. The Kier molecular flexibility index (Phi) is 6.91. The third-order valence-electron chi connectivity index (χ3n) is 4.41. The smallest absolute Gasteiger partial charge is 0.164 e. The van der Waals surface area contributed by atoms with Crippen LogP contribution < -0.4 is 0 Å². The molecular weight excluding hydrogens is 306 g/mol. The highest BCUT2D eigenvalue weighted by molar-refractivity contribution is 6.00. The molecule has 0 radical (unpaired) electrons. The summed E-state index contributed by atoms with van der Waals surface area (Å²) < 4.78 is 0. The van der Waals surface area contributed by atoms with Crippen molar-refractivity contribution in [3.8, 4) is 0 Å². The maximum absolute atomic E-state index is 12.6. The maximum Gasteiger partial charge on any atom is 0.164 e. The van der Waals surface area contributed by atoms with E-state index in [0.717, 1.165) is 35.0 Å². The zero-order chi connectivity index (χ0) is 18.2. The quantitative estimate of drug-likeness (QED) is 0.451. The highest BCUT2D eigenvalue weighted by Crippen LogP contribution is 2.17. The third kappa shape index (κ3) is 5.27. The molecule has 0 amide bonds. The minimum Gasteiger partial charge on any atom is -0.296 e. The molecule has 2 aromatic rings. The molecular formula is C23H27NO. The summed E-state index contributed by atoms with van der Waals surface area (Å²) in [5, 5.41) is 2.27. The van der Waals surface area contributed by atoms with Crippen LogP contribution >= 0.6 is 0 Å². The predicted octanol–water partition coefficient (Wildman–Crippen LogP) is 5.42. The van der Waals surface area contributed by atoms with Gasteiger partial charge in [-0.05, 0) is 36.3 Å². The Balaban J connectivity index is 2.05. The van der Waals surface area contributed by atoms with Crippen molar-refractivity contribution in [3.05, 3.63) is 85.0 Å². The van der Waals surface area contributed by atoms with E-state index in [2.05, 4.69) is 38.0 Å². The Morgan fingerprint density at radius 1 is 1.12 bits per heavy atom. The fourth-order valence-corrected chi connectivity index (χ4v) is 2.84. The number of hydrogen-bond acceptors (Lipinski definition) is 2. The molecule has 25 heavy (non-hydrogen) atoms. The van der Waals surface area contributed by atoms with Crippen LogP contribution in [0.5, 0.6) is 0 Å². The first-order valence-corrected chi connectivity index (χ1v) is 8.75. The molecule has 2 nitrogen and oxygen atoms in total. The highest BCUT2D eigenvalue weighted by atomic mass is 16.1. The Hall–Kier alpha value is -2.45. The second-order valence-electron chi connectivity index (χ2n) is 6.48. The van der Waals surface area contributed by atoms with E-state index in [4.69, 9.17) is 0 Å². The lowest BCUT2D eigenvalue weighted by Crippen LogP contribution is -2.34. The lowest BCUT2D eigenvalue weighted by molar-refractivity contribution is 0.0959. The summed E-state index contributed by atoms with van der Waals surface area (Å²) in [6.45, 7) is 13.4. The Morgan fingerprint density at radius 2 is 1.84 bits per heavy atom. The molecule has 0 aliphatic carbocycles. The van der Waals surface area contributed by atoms with E-state index in [-0.39, 0.29) is 5.78 Å². The van der Waals surface area contributed by atoms with Crippen LogP contribution in [0.15, 0.2) is 79.4 Å². The van der Waals surface area contributed by atoms with Crippen molar-refractivity contribution in [2.75, 3.05) is 13.1 Å². The van der Waals surface area contributed by atoms with E-state index < -0.39 is 0 Å². The molecule has 0 spiro atoms. The number of hydrogen-bond donors (Lipinski definition) is 0. The standard InChI is InChI=1S/C23H27NO/c1-5-9-19(6-2)17-24(18(3)4)15-14-23(25)22-13-12-20-10-7-8-11-21(20)16-22/h5-13,16,18H,1-2,14-15,17H2,3-4H3/b19-9+. The van der Waals surface area contributed by atoms with Crippen molar-refractivity contribution in [1.82, 2.24) is 4.90 Å². The molecule has 0 bridgehead atoms. The molecule has 0 aromatic heterocycles. The number of Topliss-reactive ketones (excluding diaryl/α,β-unsaturated/α-hetero) is 1. The van der Waals surface area contributed by atoms with Gasteiger partial charge in [-0.3, -0.25) is 9.69 Å². The monoisotopic (exact) mass is 333 g/mol. The highest BCUT2D eigenvalue weighted by Gasteiger charge is 2.14. The van der Waals surface area contributed by atoms with Crippen molar-refractivity contribution in [3.63, 3.8) is 0 Å². The average molecular weight is 333 g/mol. The van der Waals surface area contributed by atoms with Crippen molar-refractivity contribution in [2.45, 2.75) is 26.3 Å². The summed E-state index contributed by atoms with van der Waals surface area (Å²) in [5.74, 6) is 0.184. The molecule has 0 aliphatic rings. The number of allylic oxidation sites excluding steroid dienone is 2. The van der Waals surface area contributed by atoms with Gasteiger partial charge >= 0.3 is 0 Å². The predicted molar refractivity (Wildman–Crippen MR) is 108 cm³/mol. The van der Waals surface area contributed by atoms with Gasteiger partial charge in [0.2, 0.25) is 0 Å². The van der Waals surface area contributed by atoms with Crippen LogP contribution in [0.4, 0.5) is 0 Å². The SMILES string of the molecule is C=C/C=C(\C=C)CN(CCC(=O)c1ccc2ccccc2c1)C(C)C. The second kappa shape index (κ2) is 9.14. The van der Waals surface area contributed by atoms with Crippen LogP contribution in [-0.2, 0) is 0 Å². The van der Waals surface area contributed by atoms with Gasteiger partial charge in [-0.1, -0.05) is 67.8 Å². The molecule has 0 fully saturated rings. The Bertz CT molecular complexity index is 786. The van der Waals surface area contributed by atoms with Gasteiger partial charge in [0.05, 0.1) is 0 Å². The first kappa shape index (κ1) is 18.9. The van der Waals surface area contributed by atoms with Gasteiger partial charge in [0.15, 0.2) is 5.78 Å². The zero-order valence-corrected chi connectivity index (χ0v) is 15.2. The van der Waals surface area contributed by atoms with Crippen LogP contribution in [0.25, 0.3) is 10.8 Å². The van der Waals surface area contributed by atoms with Gasteiger partial charge in [0.25, 0.3) is 0 Å². The number of benzene rings is 2. The zero-order valence-electron chi connectivity index (χ0n) is 15.2. The fraction of sp³-hybridized carbons (Fsp3) is 0.261. The van der Waals surface area contributed by atoms with Crippen molar-refractivity contribution >= 4 is 16.6 Å². The van der Waals surface area contributed by atoms with Crippen LogP contribution in [0.1, 0.15) is 30.6 Å². The van der Waals surface area contributed by atoms with Crippen LogP contribution in [0.3, 0.4) is 0 Å². The molecule has 2 heteroatoms.